The molecule has 0 aromatic heterocycles. The van der Waals surface area contributed by atoms with Gasteiger partial charge in [-0.3, -0.25) is 14.4 Å². The number of carbonyl (C=O) groups excluding carboxylic acids is 4. The molecule has 0 bridgehead atoms. The fourth-order valence-electron chi connectivity index (χ4n) is 4.57. The van der Waals surface area contributed by atoms with E-state index in [9.17, 15) is 19.2 Å². The molecule has 5 amide bonds. The molecule has 0 saturated carbocycles. The molecule has 0 heterocycles. The number of nitrogens with two attached hydrogens (primary N) is 1. The zero-order valence-corrected chi connectivity index (χ0v) is 31.5. The Morgan fingerprint density at radius 3 is 1.76 bits per heavy atom. The van der Waals surface area contributed by atoms with Gasteiger partial charge in [0.1, 0.15) is 23.4 Å². The minimum atomic E-state index is -0.946. The van der Waals surface area contributed by atoms with Gasteiger partial charge in [-0.15, -0.1) is 0 Å². The number of ether oxygens (including phenoxy) is 6. The average molecular weight is 726 g/mol. The van der Waals surface area contributed by atoms with Crippen molar-refractivity contribution >= 4 is 23.8 Å². The Morgan fingerprint density at radius 2 is 1.25 bits per heavy atom. The van der Waals surface area contributed by atoms with E-state index in [4.69, 9.17) is 34.2 Å². The van der Waals surface area contributed by atoms with Crippen LogP contribution in [0.3, 0.4) is 0 Å². The van der Waals surface area contributed by atoms with Crippen LogP contribution in [0.2, 0.25) is 0 Å². The van der Waals surface area contributed by atoms with E-state index >= 15 is 0 Å². The summed E-state index contributed by atoms with van der Waals surface area (Å²) in [7, 11) is 0. The topological polar surface area (TPSA) is 198 Å². The van der Waals surface area contributed by atoms with Crippen molar-refractivity contribution in [3.05, 3.63) is 29.8 Å². The molecular weight excluding hydrogens is 662 g/mol. The van der Waals surface area contributed by atoms with Crippen LogP contribution in [0.5, 0.6) is 5.75 Å². The van der Waals surface area contributed by atoms with Crippen molar-refractivity contribution in [1.29, 1.82) is 0 Å². The van der Waals surface area contributed by atoms with Crippen molar-refractivity contribution < 1.29 is 47.6 Å². The summed E-state index contributed by atoms with van der Waals surface area (Å²) in [6.07, 6.45) is 1.04. The third-order valence-corrected chi connectivity index (χ3v) is 6.87. The Morgan fingerprint density at radius 1 is 0.706 bits per heavy atom. The highest BCUT2D eigenvalue weighted by atomic mass is 16.6. The van der Waals surface area contributed by atoms with Crippen LogP contribution in [0, 0.1) is 5.92 Å². The van der Waals surface area contributed by atoms with Crippen molar-refractivity contribution in [1.82, 2.24) is 21.3 Å². The quantitative estimate of drug-likeness (QED) is 0.0763. The molecule has 15 heteroatoms. The Labute approximate surface area is 303 Å². The van der Waals surface area contributed by atoms with Crippen LogP contribution in [0.4, 0.5) is 4.79 Å². The monoisotopic (exact) mass is 725 g/mol. The second-order valence-electron chi connectivity index (χ2n) is 13.2. The zero-order valence-electron chi connectivity index (χ0n) is 31.5. The van der Waals surface area contributed by atoms with E-state index in [1.165, 1.54) is 0 Å². The first-order valence-electron chi connectivity index (χ1n) is 17.9. The lowest BCUT2D eigenvalue weighted by Gasteiger charge is -2.24. The first-order valence-corrected chi connectivity index (χ1v) is 17.9. The van der Waals surface area contributed by atoms with Gasteiger partial charge in [-0.05, 0) is 64.2 Å². The van der Waals surface area contributed by atoms with Crippen molar-refractivity contribution in [2.45, 2.75) is 84.9 Å². The summed E-state index contributed by atoms with van der Waals surface area (Å²) in [4.78, 5) is 50.7. The van der Waals surface area contributed by atoms with Crippen molar-refractivity contribution in [2.75, 3.05) is 79.2 Å². The summed E-state index contributed by atoms with van der Waals surface area (Å²) in [5.74, 6) is -0.425. The van der Waals surface area contributed by atoms with Crippen molar-refractivity contribution in [3.63, 3.8) is 0 Å². The number of rotatable bonds is 29. The number of primary amides is 1. The molecule has 0 aliphatic heterocycles. The van der Waals surface area contributed by atoms with Gasteiger partial charge >= 0.3 is 6.03 Å². The van der Waals surface area contributed by atoms with E-state index in [0.717, 1.165) is 5.56 Å². The predicted molar refractivity (Wildman–Crippen MR) is 193 cm³/mol. The van der Waals surface area contributed by atoms with E-state index in [1.807, 2.05) is 65.8 Å². The SMILES string of the molecule is CCOCCOCCOCCOCCOCCNC(=O)[C@H](Cc1ccc(OC(C)(C)C)cc1)NC(=O)[C@H](CCCNC(N)=O)NC(=O)CC(C)C. The maximum absolute atomic E-state index is 13.5. The zero-order chi connectivity index (χ0) is 37.9. The van der Waals surface area contributed by atoms with Crippen LogP contribution >= 0.6 is 0 Å². The normalized spacial score (nSPS) is 12.6. The van der Waals surface area contributed by atoms with Crippen molar-refractivity contribution in [2.24, 2.45) is 11.7 Å². The number of urea groups is 1. The lowest BCUT2D eigenvalue weighted by molar-refractivity contribution is -0.132. The molecule has 0 saturated heterocycles. The Balaban J connectivity index is 2.69. The smallest absolute Gasteiger partial charge is 0.312 e. The molecule has 51 heavy (non-hydrogen) atoms. The molecule has 1 rings (SSSR count). The number of amides is 5. The largest absolute Gasteiger partial charge is 0.488 e. The van der Waals surface area contributed by atoms with Gasteiger partial charge in [0.2, 0.25) is 17.7 Å². The second kappa shape index (κ2) is 27.2. The highest BCUT2D eigenvalue weighted by Crippen LogP contribution is 2.19. The van der Waals surface area contributed by atoms with Crippen LogP contribution in [0.1, 0.15) is 66.4 Å². The molecule has 0 fully saturated rings. The summed E-state index contributed by atoms with van der Waals surface area (Å²) < 4.78 is 33.0. The Hall–Kier alpha value is -3.50. The van der Waals surface area contributed by atoms with Crippen LogP contribution < -0.4 is 31.7 Å². The van der Waals surface area contributed by atoms with E-state index in [2.05, 4.69) is 21.3 Å². The number of hydrogen-bond donors (Lipinski definition) is 5. The number of benzene rings is 1. The van der Waals surface area contributed by atoms with Gasteiger partial charge in [0.25, 0.3) is 0 Å². The predicted octanol–water partition coefficient (Wildman–Crippen LogP) is 2.09. The summed E-state index contributed by atoms with van der Waals surface area (Å²) in [6.45, 7) is 16.6. The van der Waals surface area contributed by atoms with Crippen LogP contribution in [-0.4, -0.2) is 121 Å². The van der Waals surface area contributed by atoms with Crippen LogP contribution in [0.25, 0.3) is 0 Å². The fraction of sp³-hybridized carbons (Fsp3) is 0.722. The number of hydrogen-bond acceptors (Lipinski definition) is 10. The maximum atomic E-state index is 13.5. The molecule has 1 aromatic carbocycles. The molecule has 0 spiro atoms. The van der Waals surface area contributed by atoms with Crippen molar-refractivity contribution in [3.8, 4) is 5.75 Å². The average Bonchev–Trinajstić information content (AvgIpc) is 3.05. The molecular formula is C36H63N5O10. The summed E-state index contributed by atoms with van der Waals surface area (Å²) in [5.41, 5.74) is 5.58. The number of nitrogens with one attached hydrogen (secondary N) is 4. The highest BCUT2D eigenvalue weighted by Gasteiger charge is 2.27. The van der Waals surface area contributed by atoms with Gasteiger partial charge < -0.3 is 55.4 Å². The first kappa shape index (κ1) is 45.5. The standard InChI is InChI=1S/C36H63N5O10/c1-7-46-17-18-48-21-22-50-24-23-49-20-19-47-16-15-38-33(43)31(26-28-10-12-29(13-11-28)51-36(4,5)6)41-34(44)30(9-8-14-39-35(37)45)40-32(42)25-27(2)3/h10-13,27,30-31H,7-9,14-26H2,1-6H3,(H,38,43)(H,40,42)(H,41,44)(H3,37,39,45)/t30-,31-/m0/s1. The molecule has 0 radical (unpaired) electrons. The first-order chi connectivity index (χ1) is 24.3. The van der Waals surface area contributed by atoms with Gasteiger partial charge in [-0.1, -0.05) is 26.0 Å². The Kier molecular flexibility index (Phi) is 24.3. The van der Waals surface area contributed by atoms with Gasteiger partial charge in [0.15, 0.2) is 0 Å². The molecule has 6 N–H and O–H groups in total. The summed E-state index contributed by atoms with van der Waals surface area (Å²) in [5, 5.41) is 10.9. The summed E-state index contributed by atoms with van der Waals surface area (Å²) >= 11 is 0. The Bertz CT molecular complexity index is 1110. The fourth-order valence-corrected chi connectivity index (χ4v) is 4.57. The van der Waals surface area contributed by atoms with Gasteiger partial charge in [-0.25, -0.2) is 4.79 Å². The third kappa shape index (κ3) is 25.2. The van der Waals surface area contributed by atoms with E-state index in [1.54, 1.807) is 0 Å². The summed E-state index contributed by atoms with van der Waals surface area (Å²) in [6, 6.07) is 4.78. The highest BCUT2D eigenvalue weighted by molar-refractivity contribution is 5.92. The minimum Gasteiger partial charge on any atom is -0.488 e. The van der Waals surface area contributed by atoms with Gasteiger partial charge in [0, 0.05) is 32.5 Å². The third-order valence-electron chi connectivity index (χ3n) is 6.87. The van der Waals surface area contributed by atoms with Gasteiger partial charge in [-0.2, -0.15) is 0 Å². The minimum absolute atomic E-state index is 0.0867. The van der Waals surface area contributed by atoms with E-state index in [0.29, 0.717) is 71.6 Å². The second-order valence-corrected chi connectivity index (χ2v) is 13.2. The van der Waals surface area contributed by atoms with E-state index < -0.39 is 29.9 Å². The lowest BCUT2D eigenvalue weighted by atomic mass is 10.0. The molecule has 1 aromatic rings. The lowest BCUT2D eigenvalue weighted by Crippen LogP contribution is -2.55. The molecule has 292 valence electrons. The maximum Gasteiger partial charge on any atom is 0.312 e. The molecule has 0 aliphatic carbocycles. The molecule has 15 nitrogen and oxygen atoms in total. The molecule has 0 unspecified atom stereocenters. The molecule has 0 aliphatic rings. The molecule has 2 atom stereocenters. The van der Waals surface area contributed by atoms with Crippen LogP contribution in [0.15, 0.2) is 24.3 Å². The van der Waals surface area contributed by atoms with Crippen LogP contribution in [-0.2, 0) is 44.5 Å². The van der Waals surface area contributed by atoms with Gasteiger partial charge in [0.05, 0.1) is 59.5 Å². The van der Waals surface area contributed by atoms with E-state index in [-0.39, 0.29) is 56.4 Å². The number of carbonyl (C=O) groups is 4.